The predicted octanol–water partition coefficient (Wildman–Crippen LogP) is 5.78. The minimum absolute atomic E-state index is 0.00936. The molecule has 3 aromatic carbocycles. The third kappa shape index (κ3) is 8.15. The van der Waals surface area contributed by atoms with E-state index < -0.39 is 28.5 Å². The van der Waals surface area contributed by atoms with E-state index in [9.17, 15) is 18.0 Å². The molecule has 11 heteroatoms. The first-order valence-corrected chi connectivity index (χ1v) is 15.4. The molecule has 2 amide bonds. The SMILES string of the molecule is CC[C@H](C(=O)NCC(C)C)N(Cc1ccc(OC)cc1)C(=O)CN(c1cccc(Cl)c1Cl)S(=O)(=O)c1ccccc1. The summed E-state index contributed by atoms with van der Waals surface area (Å²) in [6, 6.07) is 18.6. The summed E-state index contributed by atoms with van der Waals surface area (Å²) in [5.74, 6) is -0.0491. The lowest BCUT2D eigenvalue weighted by molar-refractivity contribution is -0.140. The predicted molar refractivity (Wildman–Crippen MR) is 163 cm³/mol. The van der Waals surface area contributed by atoms with Crippen molar-refractivity contribution in [2.24, 2.45) is 5.92 Å². The lowest BCUT2D eigenvalue weighted by atomic mass is 10.1. The van der Waals surface area contributed by atoms with Crippen molar-refractivity contribution >= 4 is 50.7 Å². The number of methoxy groups -OCH3 is 1. The Labute approximate surface area is 252 Å². The Hall–Kier alpha value is -3.27. The number of hydrogen-bond donors (Lipinski definition) is 1. The Kier molecular flexibility index (Phi) is 11.5. The van der Waals surface area contributed by atoms with E-state index in [2.05, 4.69) is 5.32 Å². The van der Waals surface area contributed by atoms with Gasteiger partial charge in [0.25, 0.3) is 10.0 Å². The first kappa shape index (κ1) is 32.2. The second-order valence-corrected chi connectivity index (χ2v) is 12.5. The van der Waals surface area contributed by atoms with Crippen LogP contribution in [0.3, 0.4) is 0 Å². The maximum Gasteiger partial charge on any atom is 0.264 e. The van der Waals surface area contributed by atoms with Gasteiger partial charge in [-0.1, -0.05) is 80.4 Å². The summed E-state index contributed by atoms with van der Waals surface area (Å²) in [7, 11) is -2.70. The van der Waals surface area contributed by atoms with Gasteiger partial charge >= 0.3 is 0 Å². The summed E-state index contributed by atoms with van der Waals surface area (Å²) in [6.07, 6.45) is 0.315. The quantitative estimate of drug-likeness (QED) is 0.262. The van der Waals surface area contributed by atoms with Crippen molar-refractivity contribution in [3.8, 4) is 5.75 Å². The number of carbonyl (C=O) groups is 2. The molecule has 0 fully saturated rings. The fourth-order valence-electron chi connectivity index (χ4n) is 4.19. The Morgan fingerprint density at radius 3 is 2.20 bits per heavy atom. The zero-order chi connectivity index (χ0) is 30.2. The van der Waals surface area contributed by atoms with Gasteiger partial charge in [-0.2, -0.15) is 0 Å². The van der Waals surface area contributed by atoms with Gasteiger partial charge in [-0.3, -0.25) is 13.9 Å². The van der Waals surface area contributed by atoms with Gasteiger partial charge in [0, 0.05) is 13.1 Å². The van der Waals surface area contributed by atoms with E-state index in [1.807, 2.05) is 13.8 Å². The van der Waals surface area contributed by atoms with Crippen LogP contribution in [0.15, 0.2) is 77.7 Å². The molecule has 0 unspecified atom stereocenters. The van der Waals surface area contributed by atoms with Crippen molar-refractivity contribution in [1.82, 2.24) is 10.2 Å². The molecule has 0 saturated carbocycles. The van der Waals surface area contributed by atoms with Crippen LogP contribution in [0.4, 0.5) is 5.69 Å². The molecule has 0 heterocycles. The van der Waals surface area contributed by atoms with Gasteiger partial charge < -0.3 is 15.0 Å². The molecule has 3 rings (SSSR count). The van der Waals surface area contributed by atoms with Crippen molar-refractivity contribution < 1.29 is 22.7 Å². The van der Waals surface area contributed by atoms with Gasteiger partial charge in [0.1, 0.15) is 18.3 Å². The summed E-state index contributed by atoms with van der Waals surface area (Å²) < 4.78 is 34.0. The molecule has 8 nitrogen and oxygen atoms in total. The number of amides is 2. The van der Waals surface area contributed by atoms with Crippen LogP contribution in [0.5, 0.6) is 5.75 Å². The number of anilines is 1. The van der Waals surface area contributed by atoms with Crippen LogP contribution in [0.25, 0.3) is 0 Å². The number of benzene rings is 3. The summed E-state index contributed by atoms with van der Waals surface area (Å²) in [5, 5.41) is 3.04. The van der Waals surface area contributed by atoms with Crippen molar-refractivity contribution in [3.63, 3.8) is 0 Å². The normalized spacial score (nSPS) is 12.1. The minimum Gasteiger partial charge on any atom is -0.497 e. The largest absolute Gasteiger partial charge is 0.497 e. The van der Waals surface area contributed by atoms with E-state index in [1.165, 1.54) is 29.2 Å². The molecule has 0 spiro atoms. The molecule has 0 aromatic heterocycles. The maximum atomic E-state index is 14.1. The number of ether oxygens (including phenoxy) is 1. The van der Waals surface area contributed by atoms with Crippen molar-refractivity contribution in [3.05, 3.63) is 88.4 Å². The average molecular weight is 621 g/mol. The molecule has 0 aliphatic heterocycles. The Bertz CT molecular complexity index is 1430. The highest BCUT2D eigenvalue weighted by Gasteiger charge is 2.34. The van der Waals surface area contributed by atoms with E-state index in [1.54, 1.807) is 62.6 Å². The first-order chi connectivity index (χ1) is 19.5. The van der Waals surface area contributed by atoms with Crippen LogP contribution in [0.2, 0.25) is 10.0 Å². The Morgan fingerprint density at radius 2 is 1.61 bits per heavy atom. The third-order valence-electron chi connectivity index (χ3n) is 6.39. The topological polar surface area (TPSA) is 96.0 Å². The lowest BCUT2D eigenvalue weighted by Gasteiger charge is -2.33. The Morgan fingerprint density at radius 1 is 0.951 bits per heavy atom. The second kappa shape index (κ2) is 14.6. The number of halogens is 2. The molecule has 0 aliphatic rings. The Balaban J connectivity index is 2.07. The van der Waals surface area contributed by atoms with Gasteiger partial charge in [0.2, 0.25) is 11.8 Å². The van der Waals surface area contributed by atoms with Crippen LogP contribution in [-0.2, 0) is 26.2 Å². The second-order valence-electron chi connectivity index (χ2n) is 9.83. The van der Waals surface area contributed by atoms with E-state index in [-0.39, 0.29) is 39.0 Å². The van der Waals surface area contributed by atoms with Gasteiger partial charge in [-0.15, -0.1) is 0 Å². The monoisotopic (exact) mass is 619 g/mol. The van der Waals surface area contributed by atoms with Crippen molar-refractivity contribution in [1.29, 1.82) is 0 Å². The minimum atomic E-state index is -4.25. The summed E-state index contributed by atoms with van der Waals surface area (Å²) in [4.78, 5) is 28.8. The molecule has 41 heavy (non-hydrogen) atoms. The number of hydrogen-bond acceptors (Lipinski definition) is 5. The zero-order valence-corrected chi connectivity index (χ0v) is 25.8. The average Bonchev–Trinajstić information content (AvgIpc) is 2.97. The first-order valence-electron chi connectivity index (χ1n) is 13.2. The molecule has 0 aliphatic carbocycles. The number of sulfonamides is 1. The molecule has 3 aromatic rings. The maximum absolute atomic E-state index is 14.1. The van der Waals surface area contributed by atoms with E-state index in [0.717, 1.165) is 9.87 Å². The van der Waals surface area contributed by atoms with Crippen molar-refractivity contribution in [2.75, 3.05) is 24.5 Å². The molecular formula is C30H35Cl2N3O5S. The molecular weight excluding hydrogens is 585 g/mol. The molecule has 0 bridgehead atoms. The highest BCUT2D eigenvalue weighted by Crippen LogP contribution is 2.35. The van der Waals surface area contributed by atoms with Gasteiger partial charge in [-0.05, 0) is 54.3 Å². The van der Waals surface area contributed by atoms with E-state index >= 15 is 0 Å². The molecule has 1 atom stereocenters. The summed E-state index contributed by atoms with van der Waals surface area (Å²) >= 11 is 12.7. The van der Waals surface area contributed by atoms with E-state index in [4.69, 9.17) is 27.9 Å². The highest BCUT2D eigenvalue weighted by atomic mass is 35.5. The number of nitrogens with one attached hydrogen (secondary N) is 1. The molecule has 0 radical (unpaired) electrons. The summed E-state index contributed by atoms with van der Waals surface area (Å²) in [6.45, 7) is 5.65. The summed E-state index contributed by atoms with van der Waals surface area (Å²) in [5.41, 5.74) is 0.797. The van der Waals surface area contributed by atoms with E-state index in [0.29, 0.717) is 18.7 Å². The van der Waals surface area contributed by atoms with Gasteiger partial charge in [-0.25, -0.2) is 8.42 Å². The number of nitrogens with zero attached hydrogens (tertiary/aromatic N) is 2. The van der Waals surface area contributed by atoms with Gasteiger partial charge in [0.05, 0.1) is 27.7 Å². The smallest absolute Gasteiger partial charge is 0.264 e. The van der Waals surface area contributed by atoms with Crippen LogP contribution in [0, 0.1) is 5.92 Å². The standard InChI is InChI=1S/C30H35Cl2N3O5S/c1-5-26(30(37)33-18-21(2)3)34(19-22-14-16-23(40-4)17-15-22)28(36)20-35(27-13-9-12-25(31)29(27)32)41(38,39)24-10-7-6-8-11-24/h6-17,21,26H,5,18-20H2,1-4H3,(H,33,37)/t26-/m1/s1. The number of carbonyl (C=O) groups excluding carboxylic acids is 2. The van der Waals surface area contributed by atoms with Crippen LogP contribution in [-0.4, -0.2) is 51.4 Å². The fourth-order valence-corrected chi connectivity index (χ4v) is 6.08. The van der Waals surface area contributed by atoms with Crippen LogP contribution >= 0.6 is 23.2 Å². The van der Waals surface area contributed by atoms with Crippen LogP contribution < -0.4 is 14.4 Å². The zero-order valence-electron chi connectivity index (χ0n) is 23.5. The molecule has 0 saturated heterocycles. The fraction of sp³-hybridized carbons (Fsp3) is 0.333. The highest BCUT2D eigenvalue weighted by molar-refractivity contribution is 7.92. The molecule has 220 valence electrons. The van der Waals surface area contributed by atoms with Crippen LogP contribution in [0.1, 0.15) is 32.8 Å². The molecule has 1 N–H and O–H groups in total. The van der Waals surface area contributed by atoms with Crippen molar-refractivity contribution in [2.45, 2.75) is 44.7 Å². The number of rotatable bonds is 13. The third-order valence-corrected chi connectivity index (χ3v) is 8.98. The lowest BCUT2D eigenvalue weighted by Crippen LogP contribution is -2.52. The van der Waals surface area contributed by atoms with Gasteiger partial charge in [0.15, 0.2) is 0 Å².